The molecule has 29 heavy (non-hydrogen) atoms. The highest BCUT2D eigenvalue weighted by atomic mass is 32.2. The van der Waals surface area contributed by atoms with Gasteiger partial charge >= 0.3 is 0 Å². The molecule has 3 aromatic rings. The normalized spacial score (nSPS) is 12.2. The monoisotopic (exact) mass is 435 g/mol. The van der Waals surface area contributed by atoms with Crippen molar-refractivity contribution in [1.82, 2.24) is 4.98 Å². The van der Waals surface area contributed by atoms with E-state index in [0.29, 0.717) is 17.9 Å². The van der Waals surface area contributed by atoms with Crippen LogP contribution >= 0.6 is 11.3 Å². The molecule has 1 amide bonds. The van der Waals surface area contributed by atoms with Crippen LogP contribution in [0.3, 0.4) is 0 Å². The molecule has 1 aromatic heterocycles. The fraction of sp³-hybridized carbons (Fsp3) is 0.158. The Bertz CT molecular complexity index is 1050. The summed E-state index contributed by atoms with van der Waals surface area (Å²) in [5.74, 6) is -0.411. The number of halogens is 1. The van der Waals surface area contributed by atoms with Crippen molar-refractivity contribution in [3.63, 3.8) is 0 Å². The summed E-state index contributed by atoms with van der Waals surface area (Å²) in [7, 11) is -3.76. The van der Waals surface area contributed by atoms with Crippen molar-refractivity contribution in [2.75, 3.05) is 10.0 Å². The summed E-state index contributed by atoms with van der Waals surface area (Å²) in [6.45, 7) is 1.79. The molecule has 0 aliphatic rings. The first-order chi connectivity index (χ1) is 13.9. The van der Waals surface area contributed by atoms with E-state index in [-0.39, 0.29) is 10.0 Å². The zero-order valence-corrected chi connectivity index (χ0v) is 17.0. The van der Waals surface area contributed by atoms with Gasteiger partial charge in [0.2, 0.25) is 0 Å². The summed E-state index contributed by atoms with van der Waals surface area (Å²) in [4.78, 5) is 16.4. The average Bonchev–Trinajstić information content (AvgIpc) is 3.20. The number of aromatic nitrogens is 1. The second-order valence-electron chi connectivity index (χ2n) is 5.93. The van der Waals surface area contributed by atoms with Crippen LogP contribution in [-0.4, -0.2) is 25.4 Å². The van der Waals surface area contributed by atoms with Crippen molar-refractivity contribution in [2.45, 2.75) is 24.3 Å². The minimum absolute atomic E-state index is 0.0419. The standard InChI is InChI=1S/C19H18FN3O4S2/c1-2-17(27-15-7-3-13(20)4-8-15)18(24)22-14-5-9-16(10-6-14)29(25,26)23-19-21-11-12-28-19/h3-12,17H,2H2,1H3,(H,21,23)(H,22,24)/t17-/m0/s1. The van der Waals surface area contributed by atoms with Crippen LogP contribution < -0.4 is 14.8 Å². The Kier molecular flexibility index (Phi) is 6.45. The molecule has 7 nitrogen and oxygen atoms in total. The van der Waals surface area contributed by atoms with E-state index >= 15 is 0 Å². The van der Waals surface area contributed by atoms with Gasteiger partial charge in [-0.05, 0) is 55.0 Å². The minimum atomic E-state index is -3.76. The lowest BCUT2D eigenvalue weighted by Crippen LogP contribution is -2.32. The SMILES string of the molecule is CC[C@H](Oc1ccc(F)cc1)C(=O)Nc1ccc(S(=O)(=O)Nc2nccs2)cc1. The van der Waals surface area contributed by atoms with Gasteiger partial charge in [-0.2, -0.15) is 0 Å². The number of nitrogens with zero attached hydrogens (tertiary/aromatic N) is 1. The van der Waals surface area contributed by atoms with Gasteiger partial charge in [-0.25, -0.2) is 17.8 Å². The third-order valence-electron chi connectivity index (χ3n) is 3.84. The Morgan fingerprint density at radius 2 is 1.86 bits per heavy atom. The lowest BCUT2D eigenvalue weighted by molar-refractivity contribution is -0.122. The molecule has 0 aliphatic carbocycles. The summed E-state index contributed by atoms with van der Waals surface area (Å²) >= 11 is 1.17. The Labute approximate surface area is 171 Å². The lowest BCUT2D eigenvalue weighted by Gasteiger charge is -2.17. The van der Waals surface area contributed by atoms with Crippen LogP contribution in [0, 0.1) is 5.82 Å². The molecule has 0 aliphatic heterocycles. The average molecular weight is 436 g/mol. The fourth-order valence-electron chi connectivity index (χ4n) is 2.39. The second kappa shape index (κ2) is 9.01. The van der Waals surface area contributed by atoms with Crippen molar-refractivity contribution < 1.29 is 22.3 Å². The molecule has 0 unspecified atom stereocenters. The van der Waals surface area contributed by atoms with Gasteiger partial charge in [0.15, 0.2) is 11.2 Å². The molecule has 0 saturated carbocycles. The number of nitrogens with one attached hydrogen (secondary N) is 2. The topological polar surface area (TPSA) is 97.4 Å². The zero-order chi connectivity index (χ0) is 20.9. The Morgan fingerprint density at radius 1 is 1.17 bits per heavy atom. The first-order valence-electron chi connectivity index (χ1n) is 8.63. The van der Waals surface area contributed by atoms with Gasteiger partial charge < -0.3 is 10.1 Å². The van der Waals surface area contributed by atoms with Crippen molar-refractivity contribution >= 4 is 38.1 Å². The van der Waals surface area contributed by atoms with Gasteiger partial charge in [0.05, 0.1) is 4.90 Å². The number of ether oxygens (including phenoxy) is 1. The van der Waals surface area contributed by atoms with E-state index in [1.165, 1.54) is 66.1 Å². The van der Waals surface area contributed by atoms with Crippen LogP contribution in [0.15, 0.2) is 65.0 Å². The van der Waals surface area contributed by atoms with Crippen molar-refractivity contribution in [2.24, 2.45) is 0 Å². The third kappa shape index (κ3) is 5.52. The van der Waals surface area contributed by atoms with Gasteiger partial charge in [-0.1, -0.05) is 6.92 Å². The Hall–Kier alpha value is -2.98. The number of benzene rings is 2. The molecule has 2 N–H and O–H groups in total. The Morgan fingerprint density at radius 3 is 2.45 bits per heavy atom. The van der Waals surface area contributed by atoms with Crippen LogP contribution in [0.4, 0.5) is 15.2 Å². The van der Waals surface area contributed by atoms with Crippen molar-refractivity contribution in [1.29, 1.82) is 0 Å². The van der Waals surface area contributed by atoms with Gasteiger partial charge in [0, 0.05) is 17.3 Å². The van der Waals surface area contributed by atoms with E-state index in [1.54, 1.807) is 12.3 Å². The molecule has 0 saturated heterocycles. The smallest absolute Gasteiger partial charge is 0.265 e. The second-order valence-corrected chi connectivity index (χ2v) is 8.50. The quantitative estimate of drug-likeness (QED) is 0.560. The molecule has 0 bridgehead atoms. The largest absolute Gasteiger partial charge is 0.481 e. The van der Waals surface area contributed by atoms with Crippen molar-refractivity contribution in [3.8, 4) is 5.75 Å². The van der Waals surface area contributed by atoms with Gasteiger partial charge in [0.1, 0.15) is 11.6 Å². The van der Waals surface area contributed by atoms with E-state index in [0.717, 1.165) is 0 Å². The molecular formula is C19H18FN3O4S2. The van der Waals surface area contributed by atoms with Crippen LogP contribution in [-0.2, 0) is 14.8 Å². The van der Waals surface area contributed by atoms with E-state index < -0.39 is 27.9 Å². The number of anilines is 2. The number of thiazole rings is 1. The highest BCUT2D eigenvalue weighted by molar-refractivity contribution is 7.93. The number of rotatable bonds is 8. The fourth-order valence-corrected chi connectivity index (χ4v) is 4.18. The molecule has 3 rings (SSSR count). The predicted molar refractivity (Wildman–Crippen MR) is 109 cm³/mol. The number of hydrogen-bond acceptors (Lipinski definition) is 6. The molecule has 1 heterocycles. The van der Waals surface area contributed by atoms with Crippen LogP contribution in [0.25, 0.3) is 0 Å². The third-order valence-corrected chi connectivity index (χ3v) is 6.01. The lowest BCUT2D eigenvalue weighted by atomic mass is 10.2. The molecule has 0 radical (unpaired) electrons. The van der Waals surface area contributed by atoms with E-state index in [1.807, 2.05) is 0 Å². The van der Waals surface area contributed by atoms with E-state index in [4.69, 9.17) is 4.74 Å². The number of sulfonamides is 1. The summed E-state index contributed by atoms with van der Waals surface area (Å²) in [6.07, 6.45) is 1.11. The molecule has 1 atom stereocenters. The maximum atomic E-state index is 13.0. The number of carbonyl (C=O) groups excluding carboxylic acids is 1. The molecule has 0 fully saturated rings. The summed E-state index contributed by atoms with van der Waals surface area (Å²) in [5.41, 5.74) is 0.421. The first kappa shape index (κ1) is 20.7. The number of amides is 1. The molecule has 2 aromatic carbocycles. The Balaban J connectivity index is 1.64. The summed E-state index contributed by atoms with van der Waals surface area (Å²) < 4.78 is 45.6. The number of hydrogen-bond donors (Lipinski definition) is 2. The van der Waals surface area contributed by atoms with Gasteiger partial charge in [-0.15, -0.1) is 11.3 Å². The molecule has 152 valence electrons. The molecule has 10 heteroatoms. The molecule has 0 spiro atoms. The zero-order valence-electron chi connectivity index (χ0n) is 15.3. The predicted octanol–water partition coefficient (Wildman–Crippen LogP) is 3.88. The minimum Gasteiger partial charge on any atom is -0.481 e. The highest BCUT2D eigenvalue weighted by Crippen LogP contribution is 2.20. The first-order valence-corrected chi connectivity index (χ1v) is 11.0. The van der Waals surface area contributed by atoms with Gasteiger partial charge in [-0.3, -0.25) is 9.52 Å². The maximum absolute atomic E-state index is 13.0. The van der Waals surface area contributed by atoms with Crippen LogP contribution in [0.5, 0.6) is 5.75 Å². The maximum Gasteiger partial charge on any atom is 0.265 e. The van der Waals surface area contributed by atoms with Crippen molar-refractivity contribution in [3.05, 3.63) is 65.9 Å². The van der Waals surface area contributed by atoms with E-state index in [2.05, 4.69) is 15.0 Å². The van der Waals surface area contributed by atoms with Crippen LogP contribution in [0.1, 0.15) is 13.3 Å². The van der Waals surface area contributed by atoms with E-state index in [9.17, 15) is 17.6 Å². The van der Waals surface area contributed by atoms with Gasteiger partial charge in [0.25, 0.3) is 15.9 Å². The highest BCUT2D eigenvalue weighted by Gasteiger charge is 2.20. The summed E-state index contributed by atoms with van der Waals surface area (Å²) in [6, 6.07) is 11.1. The van der Waals surface area contributed by atoms with Crippen LogP contribution in [0.2, 0.25) is 0 Å². The number of carbonyl (C=O) groups is 1. The summed E-state index contributed by atoms with van der Waals surface area (Å²) in [5, 5.41) is 4.62. The molecular weight excluding hydrogens is 417 g/mol.